The van der Waals surface area contributed by atoms with Crippen molar-refractivity contribution in [2.75, 3.05) is 6.61 Å². The van der Waals surface area contributed by atoms with Gasteiger partial charge in [-0.1, -0.05) is 51.1 Å². The number of hydrogen-bond acceptors (Lipinski definition) is 3. The number of ether oxygens (including phenoxy) is 1. The first-order chi connectivity index (χ1) is 9.19. The van der Waals surface area contributed by atoms with E-state index in [2.05, 4.69) is 13.8 Å². The average molecular weight is 304 g/mol. The minimum Gasteiger partial charge on any atom is -0.371 e. The monoisotopic (exact) mass is 303 g/mol. The van der Waals surface area contributed by atoms with Gasteiger partial charge in [0.25, 0.3) is 0 Å². The average Bonchev–Trinajstić information content (AvgIpc) is 2.83. The lowest BCUT2D eigenvalue weighted by Gasteiger charge is -2.22. The predicted molar refractivity (Wildman–Crippen MR) is 85.0 cm³/mol. The third-order valence-electron chi connectivity index (χ3n) is 3.28. The summed E-state index contributed by atoms with van der Waals surface area (Å²) in [5.41, 5.74) is 6.16. The molecule has 0 aromatic carbocycles. The fraction of sp³-hybridized carbons (Fsp3) is 0.733. The van der Waals surface area contributed by atoms with Crippen molar-refractivity contribution in [1.82, 2.24) is 0 Å². The highest BCUT2D eigenvalue weighted by Crippen LogP contribution is 2.31. The molecule has 0 aliphatic rings. The first-order valence-corrected chi connectivity index (χ1v) is 8.50. The topological polar surface area (TPSA) is 35.2 Å². The van der Waals surface area contributed by atoms with Crippen molar-refractivity contribution in [1.29, 1.82) is 0 Å². The Balaban J connectivity index is 2.39. The van der Waals surface area contributed by atoms with Crippen LogP contribution in [0.3, 0.4) is 0 Å². The minimum absolute atomic E-state index is 0.00586. The molecule has 0 saturated heterocycles. The number of halogens is 1. The van der Waals surface area contributed by atoms with Crippen molar-refractivity contribution in [3.63, 3.8) is 0 Å². The van der Waals surface area contributed by atoms with Crippen LogP contribution in [0.5, 0.6) is 0 Å². The molecular formula is C15H26ClNOS. The zero-order chi connectivity index (χ0) is 14.1. The van der Waals surface area contributed by atoms with Gasteiger partial charge in [0.1, 0.15) is 6.10 Å². The van der Waals surface area contributed by atoms with Gasteiger partial charge in [-0.3, -0.25) is 0 Å². The number of hydrogen-bond donors (Lipinski definition) is 1. The fourth-order valence-corrected chi connectivity index (χ4v) is 3.21. The van der Waals surface area contributed by atoms with Crippen LogP contribution in [-0.2, 0) is 4.74 Å². The summed E-state index contributed by atoms with van der Waals surface area (Å²) in [6.45, 7) is 5.11. The molecule has 0 aliphatic carbocycles. The van der Waals surface area contributed by atoms with Crippen LogP contribution in [-0.4, -0.2) is 12.6 Å². The molecule has 110 valence electrons. The van der Waals surface area contributed by atoms with Gasteiger partial charge in [0, 0.05) is 17.5 Å². The van der Waals surface area contributed by atoms with Crippen molar-refractivity contribution < 1.29 is 4.74 Å². The third kappa shape index (κ3) is 6.26. The highest BCUT2D eigenvalue weighted by Gasteiger charge is 2.20. The van der Waals surface area contributed by atoms with Crippen LogP contribution in [0.4, 0.5) is 0 Å². The van der Waals surface area contributed by atoms with Gasteiger partial charge in [-0.25, -0.2) is 0 Å². The van der Waals surface area contributed by atoms with Gasteiger partial charge < -0.3 is 10.5 Å². The summed E-state index contributed by atoms with van der Waals surface area (Å²) in [5, 5.41) is 0. The lowest BCUT2D eigenvalue weighted by molar-refractivity contribution is 0.0335. The van der Waals surface area contributed by atoms with Crippen LogP contribution in [0.25, 0.3) is 0 Å². The molecule has 0 aliphatic heterocycles. The maximum absolute atomic E-state index is 6.16. The minimum atomic E-state index is -0.00586. The molecule has 1 aromatic heterocycles. The van der Waals surface area contributed by atoms with Crippen molar-refractivity contribution >= 4 is 22.9 Å². The predicted octanol–water partition coefficient (Wildman–Crippen LogP) is 5.17. The van der Waals surface area contributed by atoms with Gasteiger partial charge in [0.15, 0.2) is 0 Å². The molecule has 2 nitrogen and oxygen atoms in total. The third-order valence-corrected chi connectivity index (χ3v) is 4.57. The van der Waals surface area contributed by atoms with Gasteiger partial charge in [-0.05, 0) is 25.0 Å². The Morgan fingerprint density at radius 3 is 2.53 bits per heavy atom. The molecule has 2 atom stereocenters. The molecule has 19 heavy (non-hydrogen) atoms. The van der Waals surface area contributed by atoms with Crippen LogP contribution in [0.2, 0.25) is 4.34 Å². The summed E-state index contributed by atoms with van der Waals surface area (Å²) in [7, 11) is 0. The molecule has 0 bridgehead atoms. The Hall–Kier alpha value is -0.0900. The Bertz CT molecular complexity index is 343. The lowest BCUT2D eigenvalue weighted by Crippen LogP contribution is -2.29. The summed E-state index contributed by atoms with van der Waals surface area (Å²) >= 11 is 7.56. The summed E-state index contributed by atoms with van der Waals surface area (Å²) in [6, 6.07) is 4.00. The van der Waals surface area contributed by atoms with E-state index in [4.69, 9.17) is 22.1 Å². The second-order valence-corrected chi connectivity index (χ2v) is 6.67. The van der Waals surface area contributed by atoms with Crippen LogP contribution in [0.15, 0.2) is 12.1 Å². The normalized spacial score (nSPS) is 14.5. The maximum Gasteiger partial charge on any atom is 0.107 e. The summed E-state index contributed by atoms with van der Waals surface area (Å²) in [4.78, 5) is 1.15. The van der Waals surface area contributed by atoms with E-state index in [0.717, 1.165) is 28.7 Å². The number of nitrogens with two attached hydrogens (primary N) is 1. The Kier molecular flexibility index (Phi) is 8.71. The number of unbranched alkanes of at least 4 members (excludes halogenated alkanes) is 4. The Morgan fingerprint density at radius 2 is 1.95 bits per heavy atom. The maximum atomic E-state index is 6.16. The van der Waals surface area contributed by atoms with Crippen molar-refractivity contribution in [3.05, 3.63) is 21.3 Å². The molecule has 2 unspecified atom stereocenters. The van der Waals surface area contributed by atoms with Gasteiger partial charge in [0.05, 0.1) is 4.34 Å². The highest BCUT2D eigenvalue weighted by atomic mass is 35.5. The smallest absolute Gasteiger partial charge is 0.107 e. The van der Waals surface area contributed by atoms with Crippen molar-refractivity contribution in [2.24, 2.45) is 5.73 Å². The van der Waals surface area contributed by atoms with E-state index >= 15 is 0 Å². The fourth-order valence-electron chi connectivity index (χ4n) is 2.03. The molecular weight excluding hydrogens is 278 g/mol. The van der Waals surface area contributed by atoms with Gasteiger partial charge in [-0.15, -0.1) is 11.3 Å². The summed E-state index contributed by atoms with van der Waals surface area (Å²) in [6.07, 6.45) is 7.16. The van der Waals surface area contributed by atoms with E-state index in [9.17, 15) is 0 Å². The highest BCUT2D eigenvalue weighted by molar-refractivity contribution is 7.16. The molecule has 4 heteroatoms. The van der Waals surface area contributed by atoms with Gasteiger partial charge in [0.2, 0.25) is 0 Å². The second kappa shape index (κ2) is 9.76. The SMILES string of the molecule is CCCCCCCOC(c1ccc(Cl)s1)C(N)CC. The molecule has 1 heterocycles. The van der Waals surface area contributed by atoms with Crippen molar-refractivity contribution in [3.8, 4) is 0 Å². The van der Waals surface area contributed by atoms with Crippen LogP contribution in [0.1, 0.15) is 63.4 Å². The molecule has 0 spiro atoms. The molecule has 0 amide bonds. The van der Waals surface area contributed by atoms with E-state index < -0.39 is 0 Å². The Morgan fingerprint density at radius 1 is 1.21 bits per heavy atom. The van der Waals surface area contributed by atoms with E-state index in [1.54, 1.807) is 11.3 Å². The molecule has 1 rings (SSSR count). The van der Waals surface area contributed by atoms with Crippen LogP contribution >= 0.6 is 22.9 Å². The Labute approximate surface area is 126 Å². The van der Waals surface area contributed by atoms with Crippen molar-refractivity contribution in [2.45, 2.75) is 64.5 Å². The standard InChI is InChI=1S/C15H26ClNOS/c1-3-5-6-7-8-11-18-15(12(17)4-2)13-9-10-14(16)19-13/h9-10,12,15H,3-8,11,17H2,1-2H3. The summed E-state index contributed by atoms with van der Waals surface area (Å²) < 4.78 is 6.80. The van der Waals surface area contributed by atoms with Crippen LogP contribution in [0, 0.1) is 0 Å². The van der Waals surface area contributed by atoms with Gasteiger partial charge in [-0.2, -0.15) is 0 Å². The van der Waals surface area contributed by atoms with E-state index in [-0.39, 0.29) is 12.1 Å². The molecule has 0 fully saturated rings. The van der Waals surface area contributed by atoms with E-state index in [1.807, 2.05) is 12.1 Å². The quantitative estimate of drug-likeness (QED) is 0.605. The first kappa shape index (κ1) is 17.0. The zero-order valence-electron chi connectivity index (χ0n) is 12.0. The lowest BCUT2D eigenvalue weighted by atomic mass is 10.1. The zero-order valence-corrected chi connectivity index (χ0v) is 13.6. The molecule has 1 aromatic rings. The van der Waals surface area contributed by atoms with Crippen LogP contribution < -0.4 is 5.73 Å². The number of rotatable bonds is 10. The molecule has 0 radical (unpaired) electrons. The second-order valence-electron chi connectivity index (χ2n) is 4.92. The number of thiophene rings is 1. The molecule has 2 N–H and O–H groups in total. The van der Waals surface area contributed by atoms with E-state index in [1.165, 1.54) is 25.7 Å². The summed E-state index contributed by atoms with van der Waals surface area (Å²) in [5.74, 6) is 0. The van der Waals surface area contributed by atoms with Gasteiger partial charge >= 0.3 is 0 Å². The van der Waals surface area contributed by atoms with E-state index in [0.29, 0.717) is 0 Å². The first-order valence-electron chi connectivity index (χ1n) is 7.31. The largest absolute Gasteiger partial charge is 0.371 e. The molecule has 0 saturated carbocycles.